The van der Waals surface area contributed by atoms with Crippen LogP contribution in [0.25, 0.3) is 0 Å². The van der Waals surface area contributed by atoms with Crippen molar-refractivity contribution < 1.29 is 9.59 Å². The Kier molecular flexibility index (Phi) is 3.14. The van der Waals surface area contributed by atoms with Crippen LogP contribution < -0.4 is 0 Å². The molecule has 0 saturated heterocycles. The van der Waals surface area contributed by atoms with Gasteiger partial charge in [-0.3, -0.25) is 9.59 Å². The van der Waals surface area contributed by atoms with Crippen molar-refractivity contribution in [3.63, 3.8) is 0 Å². The maximum absolute atomic E-state index is 13.8. The lowest BCUT2D eigenvalue weighted by Crippen LogP contribution is -2.46. The fourth-order valence-corrected chi connectivity index (χ4v) is 6.13. The van der Waals surface area contributed by atoms with Crippen LogP contribution in [0.4, 0.5) is 0 Å². The van der Waals surface area contributed by atoms with Gasteiger partial charge in [-0.05, 0) is 48.9 Å². The zero-order chi connectivity index (χ0) is 19.2. The first kappa shape index (κ1) is 16.2. The summed E-state index contributed by atoms with van der Waals surface area (Å²) in [4.78, 5) is 27.5. The van der Waals surface area contributed by atoms with Crippen LogP contribution in [0.2, 0.25) is 0 Å². The standard InChI is InChI=1S/C26H22O2/c1-13-11-19-20(12-14(13)2)26(28)24-22-17-9-5-3-7-15(17)21(23(24)25(19)27)16-8-4-6-10-18(16)22/h3-10,19-22H,11-12H2,1-2H3/t19-,20+,21?,22?. The van der Waals surface area contributed by atoms with Crippen molar-refractivity contribution in [1.82, 2.24) is 0 Å². The van der Waals surface area contributed by atoms with Gasteiger partial charge in [0, 0.05) is 34.8 Å². The monoisotopic (exact) mass is 366 g/mol. The SMILES string of the molecule is CC1=C(C)C[C@H]2C(=O)C3=C(C(=O)[C@H]2C1)C1c2ccccc2C3c2ccccc21. The molecule has 5 aliphatic carbocycles. The predicted molar refractivity (Wildman–Crippen MR) is 108 cm³/mol. The fourth-order valence-electron chi connectivity index (χ4n) is 6.13. The Morgan fingerprint density at radius 1 is 0.607 bits per heavy atom. The zero-order valence-corrected chi connectivity index (χ0v) is 16.2. The van der Waals surface area contributed by atoms with Gasteiger partial charge in [0.25, 0.3) is 0 Å². The summed E-state index contributed by atoms with van der Waals surface area (Å²) in [6.07, 6.45) is 1.47. The number of carbonyl (C=O) groups excluding carboxylic acids is 2. The van der Waals surface area contributed by atoms with E-state index < -0.39 is 0 Å². The molecule has 138 valence electrons. The van der Waals surface area contributed by atoms with Gasteiger partial charge < -0.3 is 0 Å². The molecule has 28 heavy (non-hydrogen) atoms. The first-order valence-corrected chi connectivity index (χ1v) is 10.2. The number of allylic oxidation sites excluding steroid dienone is 4. The Hall–Kier alpha value is -2.74. The lowest BCUT2D eigenvalue weighted by Gasteiger charge is -2.48. The number of benzene rings is 2. The molecule has 0 unspecified atom stereocenters. The maximum Gasteiger partial charge on any atom is 0.164 e. The summed E-state index contributed by atoms with van der Waals surface area (Å²) in [5.74, 6) is -0.0626. The normalized spacial score (nSPS) is 30.1. The number of ketones is 2. The van der Waals surface area contributed by atoms with Gasteiger partial charge in [-0.25, -0.2) is 0 Å². The van der Waals surface area contributed by atoms with E-state index in [1.165, 1.54) is 33.4 Å². The van der Waals surface area contributed by atoms with Crippen molar-refractivity contribution in [2.45, 2.75) is 38.5 Å². The van der Waals surface area contributed by atoms with E-state index >= 15 is 0 Å². The van der Waals surface area contributed by atoms with Crippen LogP contribution in [0, 0.1) is 11.8 Å². The Morgan fingerprint density at radius 3 is 1.25 bits per heavy atom. The van der Waals surface area contributed by atoms with E-state index in [-0.39, 0.29) is 35.2 Å². The van der Waals surface area contributed by atoms with E-state index in [2.05, 4.69) is 62.4 Å². The Morgan fingerprint density at radius 2 is 0.929 bits per heavy atom. The van der Waals surface area contributed by atoms with Gasteiger partial charge in [0.05, 0.1) is 0 Å². The van der Waals surface area contributed by atoms with Crippen LogP contribution in [0.3, 0.4) is 0 Å². The number of hydrogen-bond donors (Lipinski definition) is 0. The number of Topliss-reactive ketones (excluding diaryl/α,β-unsaturated/α-hetero) is 2. The van der Waals surface area contributed by atoms with Crippen molar-refractivity contribution >= 4 is 11.6 Å². The second-order valence-corrected chi connectivity index (χ2v) is 8.86. The van der Waals surface area contributed by atoms with E-state index in [1.807, 2.05) is 0 Å². The van der Waals surface area contributed by atoms with Crippen LogP contribution in [0.15, 0.2) is 70.8 Å². The molecule has 0 fully saturated rings. The first-order chi connectivity index (χ1) is 13.6. The van der Waals surface area contributed by atoms with E-state index in [4.69, 9.17) is 0 Å². The van der Waals surface area contributed by atoms with Crippen LogP contribution in [0.5, 0.6) is 0 Å². The highest BCUT2D eigenvalue weighted by atomic mass is 16.1. The molecular formula is C26H22O2. The van der Waals surface area contributed by atoms with Gasteiger partial charge in [0.15, 0.2) is 11.6 Å². The van der Waals surface area contributed by atoms with Crippen molar-refractivity contribution in [2.24, 2.45) is 11.8 Å². The molecule has 2 nitrogen and oxygen atoms in total. The summed E-state index contributed by atoms with van der Waals surface area (Å²) < 4.78 is 0. The lowest BCUT2D eigenvalue weighted by atomic mass is 9.53. The summed E-state index contributed by atoms with van der Waals surface area (Å²) >= 11 is 0. The molecule has 0 saturated carbocycles. The molecule has 0 amide bonds. The quantitative estimate of drug-likeness (QED) is 0.609. The number of hydrogen-bond acceptors (Lipinski definition) is 2. The van der Waals surface area contributed by atoms with Gasteiger partial charge in [-0.15, -0.1) is 0 Å². The average molecular weight is 366 g/mol. The highest BCUT2D eigenvalue weighted by Crippen LogP contribution is 2.59. The predicted octanol–water partition coefficient (Wildman–Crippen LogP) is 5.09. The Bertz CT molecular complexity index is 1010. The number of carbonyl (C=O) groups is 2. The molecule has 0 spiro atoms. The largest absolute Gasteiger partial charge is 0.294 e. The molecule has 2 bridgehead atoms. The number of rotatable bonds is 0. The molecule has 0 N–H and O–H groups in total. The highest BCUT2D eigenvalue weighted by molar-refractivity contribution is 6.17. The lowest BCUT2D eigenvalue weighted by molar-refractivity contribution is -0.131. The van der Waals surface area contributed by atoms with Gasteiger partial charge in [-0.2, -0.15) is 0 Å². The third-order valence-electron chi connectivity index (χ3n) is 7.57. The van der Waals surface area contributed by atoms with Gasteiger partial charge in [0.2, 0.25) is 0 Å². The Labute approximate surface area is 165 Å². The molecule has 7 rings (SSSR count). The van der Waals surface area contributed by atoms with Crippen molar-refractivity contribution in [3.8, 4) is 0 Å². The van der Waals surface area contributed by atoms with E-state index in [1.54, 1.807) is 0 Å². The van der Waals surface area contributed by atoms with E-state index in [9.17, 15) is 9.59 Å². The van der Waals surface area contributed by atoms with E-state index in [0.717, 1.165) is 24.0 Å². The van der Waals surface area contributed by atoms with Crippen LogP contribution in [0.1, 0.15) is 60.8 Å². The molecule has 5 aliphatic rings. The molecule has 0 aromatic heterocycles. The Balaban J connectivity index is 1.62. The van der Waals surface area contributed by atoms with Crippen LogP contribution in [-0.2, 0) is 9.59 Å². The van der Waals surface area contributed by atoms with Crippen molar-refractivity contribution in [2.75, 3.05) is 0 Å². The molecule has 2 aromatic carbocycles. The molecular weight excluding hydrogens is 344 g/mol. The minimum absolute atomic E-state index is 0.0860. The summed E-state index contributed by atoms with van der Waals surface area (Å²) in [6.45, 7) is 4.23. The molecule has 0 aliphatic heterocycles. The van der Waals surface area contributed by atoms with Crippen molar-refractivity contribution in [3.05, 3.63) is 93.1 Å². The summed E-state index contributed by atoms with van der Waals surface area (Å²) in [5, 5.41) is 0. The highest BCUT2D eigenvalue weighted by Gasteiger charge is 2.54. The molecule has 2 aromatic rings. The van der Waals surface area contributed by atoms with Crippen LogP contribution in [-0.4, -0.2) is 11.6 Å². The second kappa shape index (κ2) is 5.41. The number of fused-ring (bicyclic) bond motifs is 1. The molecule has 0 heterocycles. The van der Waals surface area contributed by atoms with E-state index in [0.29, 0.717) is 0 Å². The maximum atomic E-state index is 13.8. The topological polar surface area (TPSA) is 34.1 Å². The molecule has 0 radical (unpaired) electrons. The third-order valence-corrected chi connectivity index (χ3v) is 7.57. The zero-order valence-electron chi connectivity index (χ0n) is 16.2. The summed E-state index contributed by atoms with van der Waals surface area (Å²) in [7, 11) is 0. The summed E-state index contributed by atoms with van der Waals surface area (Å²) in [5.41, 5.74) is 9.03. The average Bonchev–Trinajstić information content (AvgIpc) is 2.73. The fraction of sp³-hybridized carbons (Fsp3) is 0.308. The summed E-state index contributed by atoms with van der Waals surface area (Å²) in [6, 6.07) is 16.8. The van der Waals surface area contributed by atoms with Gasteiger partial charge in [-0.1, -0.05) is 59.7 Å². The van der Waals surface area contributed by atoms with Gasteiger partial charge in [0.1, 0.15) is 0 Å². The minimum Gasteiger partial charge on any atom is -0.294 e. The smallest absolute Gasteiger partial charge is 0.164 e. The van der Waals surface area contributed by atoms with Crippen LogP contribution >= 0.6 is 0 Å². The van der Waals surface area contributed by atoms with Gasteiger partial charge >= 0.3 is 0 Å². The van der Waals surface area contributed by atoms with Crippen molar-refractivity contribution in [1.29, 1.82) is 0 Å². The first-order valence-electron chi connectivity index (χ1n) is 10.2. The third kappa shape index (κ3) is 1.83. The molecule has 2 atom stereocenters. The second-order valence-electron chi connectivity index (χ2n) is 8.86. The molecule has 2 heteroatoms. The minimum atomic E-state index is -0.173.